The summed E-state index contributed by atoms with van der Waals surface area (Å²) in [6.07, 6.45) is 5.79. The predicted molar refractivity (Wildman–Crippen MR) is 101 cm³/mol. The third-order valence-corrected chi connectivity index (χ3v) is 7.92. The Balaban J connectivity index is 2.39. The second-order valence-electron chi connectivity index (χ2n) is 6.27. The number of hydrogen-bond donors (Lipinski definition) is 0. The van der Waals surface area contributed by atoms with Crippen molar-refractivity contribution in [3.8, 4) is 0 Å². The minimum Gasteiger partial charge on any atom is -0.125 e. The summed E-state index contributed by atoms with van der Waals surface area (Å²) >= 11 is 0. The van der Waals surface area contributed by atoms with E-state index in [1.807, 2.05) is 0 Å². The predicted octanol–water partition coefficient (Wildman–Crippen LogP) is 5.57. The van der Waals surface area contributed by atoms with Gasteiger partial charge in [-0.05, 0) is 29.7 Å². The first-order chi connectivity index (χ1) is 10.6. The maximum atomic E-state index is 3.66. The molecule has 22 heavy (non-hydrogen) atoms. The van der Waals surface area contributed by atoms with Crippen molar-refractivity contribution >= 4 is 19.3 Å². The van der Waals surface area contributed by atoms with E-state index in [4.69, 9.17) is 0 Å². The lowest BCUT2D eigenvalue weighted by Crippen LogP contribution is -2.43. The molecule has 2 aromatic carbocycles. The van der Waals surface area contributed by atoms with E-state index in [9.17, 15) is 0 Å². The number of hydrogen-bond acceptors (Lipinski definition) is 0. The zero-order chi connectivity index (χ0) is 15.8. The Labute approximate surface area is 136 Å². The molecule has 0 heterocycles. The van der Waals surface area contributed by atoms with Crippen LogP contribution in [-0.4, -0.2) is 8.07 Å². The first-order valence-electron chi connectivity index (χ1n) is 8.21. The van der Waals surface area contributed by atoms with Crippen LogP contribution in [0.4, 0.5) is 0 Å². The maximum absolute atomic E-state index is 3.66. The van der Waals surface area contributed by atoms with E-state index >= 15 is 0 Å². The SMILES string of the molecule is CCCCC(=C=Cc1ccccc1)[Si](C)(C)c1ccccc1. The normalized spacial score (nSPS) is 10.9. The Morgan fingerprint density at radius 1 is 0.955 bits per heavy atom. The fourth-order valence-electron chi connectivity index (χ4n) is 2.67. The summed E-state index contributed by atoms with van der Waals surface area (Å²) in [5.74, 6) is 0. The zero-order valence-electron chi connectivity index (χ0n) is 14.0. The highest BCUT2D eigenvalue weighted by atomic mass is 28.3. The summed E-state index contributed by atoms with van der Waals surface area (Å²) in [6, 6.07) is 21.5. The fraction of sp³-hybridized carbons (Fsp3) is 0.286. The molecule has 0 radical (unpaired) electrons. The summed E-state index contributed by atoms with van der Waals surface area (Å²) in [5, 5.41) is 3.01. The Kier molecular flexibility index (Phi) is 6.00. The van der Waals surface area contributed by atoms with Gasteiger partial charge < -0.3 is 0 Å². The number of rotatable bonds is 6. The van der Waals surface area contributed by atoms with Crippen LogP contribution >= 0.6 is 0 Å². The third-order valence-electron chi connectivity index (χ3n) is 4.24. The minimum absolute atomic E-state index is 1.16. The molecule has 0 spiro atoms. The van der Waals surface area contributed by atoms with E-state index in [0.29, 0.717) is 0 Å². The lowest BCUT2D eigenvalue weighted by Gasteiger charge is -2.25. The second kappa shape index (κ2) is 7.98. The standard InChI is InChI=1S/C21H26Si/c1-4-5-14-21(18-17-19-12-8-6-9-13-19)22(2,3)20-15-10-7-11-16-20/h6-13,15-17H,4-5,14H2,1-3H3. The van der Waals surface area contributed by atoms with Crippen molar-refractivity contribution in [2.45, 2.75) is 39.3 Å². The third kappa shape index (κ3) is 4.33. The van der Waals surface area contributed by atoms with Crippen LogP contribution in [0.3, 0.4) is 0 Å². The van der Waals surface area contributed by atoms with Gasteiger partial charge in [-0.15, -0.1) is 5.73 Å². The Bertz CT molecular complexity index is 632. The van der Waals surface area contributed by atoms with Gasteiger partial charge in [0.25, 0.3) is 0 Å². The molecule has 0 atom stereocenters. The van der Waals surface area contributed by atoms with E-state index in [-0.39, 0.29) is 0 Å². The van der Waals surface area contributed by atoms with Crippen molar-refractivity contribution < 1.29 is 0 Å². The molecule has 0 unspecified atom stereocenters. The van der Waals surface area contributed by atoms with Crippen LogP contribution in [0, 0.1) is 0 Å². The van der Waals surface area contributed by atoms with Crippen LogP contribution in [-0.2, 0) is 0 Å². The van der Waals surface area contributed by atoms with E-state index in [0.717, 1.165) is 6.42 Å². The molecule has 0 amide bonds. The smallest absolute Gasteiger partial charge is 0.116 e. The van der Waals surface area contributed by atoms with E-state index in [2.05, 4.69) is 92.5 Å². The Morgan fingerprint density at radius 3 is 2.14 bits per heavy atom. The Morgan fingerprint density at radius 2 is 1.55 bits per heavy atom. The molecule has 0 N–H and O–H groups in total. The van der Waals surface area contributed by atoms with Crippen molar-refractivity contribution in [2.24, 2.45) is 0 Å². The molecule has 0 saturated heterocycles. The van der Waals surface area contributed by atoms with E-state index in [1.165, 1.54) is 28.8 Å². The van der Waals surface area contributed by atoms with Gasteiger partial charge in [-0.25, -0.2) is 0 Å². The molecule has 0 aliphatic rings. The van der Waals surface area contributed by atoms with Crippen LogP contribution < -0.4 is 5.19 Å². The molecular formula is C21H26Si. The summed E-state index contributed by atoms with van der Waals surface area (Å²) in [6.45, 7) is 7.15. The lowest BCUT2D eigenvalue weighted by atomic mass is 10.2. The first kappa shape index (κ1) is 16.5. The summed E-state index contributed by atoms with van der Waals surface area (Å²) < 4.78 is 0. The monoisotopic (exact) mass is 306 g/mol. The number of unbranched alkanes of at least 4 members (excludes halogenated alkanes) is 1. The van der Waals surface area contributed by atoms with Gasteiger partial charge >= 0.3 is 0 Å². The number of benzene rings is 2. The topological polar surface area (TPSA) is 0 Å². The van der Waals surface area contributed by atoms with E-state index < -0.39 is 8.07 Å². The van der Waals surface area contributed by atoms with Gasteiger partial charge in [-0.1, -0.05) is 92.3 Å². The van der Waals surface area contributed by atoms with Crippen molar-refractivity contribution in [2.75, 3.05) is 0 Å². The molecule has 2 aromatic rings. The van der Waals surface area contributed by atoms with Crippen LogP contribution in [0.5, 0.6) is 0 Å². The molecule has 0 aliphatic heterocycles. The molecule has 2 rings (SSSR count). The molecule has 0 saturated carbocycles. The summed E-state index contributed by atoms with van der Waals surface area (Å²) in [4.78, 5) is 0. The highest BCUT2D eigenvalue weighted by molar-refractivity contribution is 6.95. The van der Waals surface area contributed by atoms with Gasteiger partial charge in [0.15, 0.2) is 0 Å². The van der Waals surface area contributed by atoms with Crippen molar-refractivity contribution in [1.82, 2.24) is 0 Å². The van der Waals surface area contributed by atoms with Gasteiger partial charge in [0.05, 0.1) is 0 Å². The molecule has 0 nitrogen and oxygen atoms in total. The van der Waals surface area contributed by atoms with Gasteiger partial charge in [-0.2, -0.15) is 0 Å². The van der Waals surface area contributed by atoms with Gasteiger partial charge in [-0.3, -0.25) is 0 Å². The first-order valence-corrected chi connectivity index (χ1v) is 11.2. The van der Waals surface area contributed by atoms with Crippen LogP contribution in [0.15, 0.2) is 71.6 Å². The summed E-state index contributed by atoms with van der Waals surface area (Å²) in [7, 11) is -1.63. The van der Waals surface area contributed by atoms with Crippen LogP contribution in [0.1, 0.15) is 31.7 Å². The van der Waals surface area contributed by atoms with Crippen molar-refractivity contribution in [1.29, 1.82) is 0 Å². The molecule has 1 heteroatoms. The molecule has 0 fully saturated rings. The molecule has 114 valence electrons. The average Bonchev–Trinajstić information content (AvgIpc) is 2.56. The second-order valence-corrected chi connectivity index (χ2v) is 10.7. The van der Waals surface area contributed by atoms with Crippen LogP contribution in [0.25, 0.3) is 6.08 Å². The molecule has 0 aliphatic carbocycles. The van der Waals surface area contributed by atoms with Crippen LogP contribution in [0.2, 0.25) is 13.1 Å². The fourth-order valence-corrected chi connectivity index (χ4v) is 5.28. The number of allylic oxidation sites excluding steroid dienone is 1. The largest absolute Gasteiger partial charge is 0.125 e. The molecular weight excluding hydrogens is 280 g/mol. The summed E-state index contributed by atoms with van der Waals surface area (Å²) in [5.41, 5.74) is 4.89. The van der Waals surface area contributed by atoms with Crippen molar-refractivity contribution in [3.05, 3.63) is 77.2 Å². The van der Waals surface area contributed by atoms with Crippen molar-refractivity contribution in [3.63, 3.8) is 0 Å². The Hall–Kier alpha value is -1.82. The maximum Gasteiger partial charge on any atom is 0.116 e. The molecule has 0 bridgehead atoms. The minimum atomic E-state index is -1.63. The quantitative estimate of drug-likeness (QED) is 0.483. The highest BCUT2D eigenvalue weighted by Crippen LogP contribution is 2.20. The van der Waals surface area contributed by atoms with Gasteiger partial charge in [0.2, 0.25) is 0 Å². The van der Waals surface area contributed by atoms with Gasteiger partial charge in [0, 0.05) is 0 Å². The van der Waals surface area contributed by atoms with E-state index in [1.54, 1.807) is 0 Å². The molecule has 0 aromatic heterocycles. The highest BCUT2D eigenvalue weighted by Gasteiger charge is 2.27. The van der Waals surface area contributed by atoms with Gasteiger partial charge in [0.1, 0.15) is 8.07 Å². The average molecular weight is 307 g/mol. The lowest BCUT2D eigenvalue weighted by molar-refractivity contribution is 0.804. The zero-order valence-corrected chi connectivity index (χ0v) is 15.0.